The summed E-state index contributed by atoms with van der Waals surface area (Å²) in [5.41, 5.74) is 4.50. The molecule has 55 heavy (non-hydrogen) atoms. The van der Waals surface area contributed by atoms with Crippen LogP contribution in [0.5, 0.6) is 17.2 Å². The number of pyridine rings is 2. The third-order valence-corrected chi connectivity index (χ3v) is 10.5. The summed E-state index contributed by atoms with van der Waals surface area (Å²) >= 11 is 0. The van der Waals surface area contributed by atoms with Gasteiger partial charge in [-0.3, -0.25) is 34.5 Å². The van der Waals surface area contributed by atoms with E-state index >= 15 is 0 Å². The highest BCUT2D eigenvalue weighted by Crippen LogP contribution is 2.38. The molecule has 0 radical (unpaired) electrons. The molecule has 0 aliphatic carbocycles. The first-order valence-electron chi connectivity index (χ1n) is 18.6. The number of nitrogens with one attached hydrogen (secondary N) is 1. The average Bonchev–Trinajstić information content (AvgIpc) is 3.20. The van der Waals surface area contributed by atoms with Crippen molar-refractivity contribution < 1.29 is 33.3 Å². The van der Waals surface area contributed by atoms with Gasteiger partial charge in [0, 0.05) is 76.9 Å². The SMILES string of the molecule is COc1cc(-c2cn(C)c(=O)c3cnccc23)cc(OC)c1CN1CCC(OC2CCN(C=O)CC2)CC1.COc1ccc(C)cc1N1CCC(=O)NC1=O. The number of likely N-dealkylation sites (tertiary alicyclic amines) is 2. The molecule has 14 nitrogen and oxygen atoms in total. The van der Waals surface area contributed by atoms with Crippen molar-refractivity contribution in [3.63, 3.8) is 0 Å². The molecular formula is C41H50N6O8. The van der Waals surface area contributed by atoms with Crippen molar-refractivity contribution >= 4 is 34.8 Å². The summed E-state index contributed by atoms with van der Waals surface area (Å²) < 4.78 is 24.9. The lowest BCUT2D eigenvalue weighted by molar-refractivity contribution is -0.122. The number of nitrogens with zero attached hydrogens (tertiary/aromatic N) is 5. The van der Waals surface area contributed by atoms with Crippen LogP contribution in [0.4, 0.5) is 10.5 Å². The fourth-order valence-electron chi connectivity index (χ4n) is 7.46. The van der Waals surface area contributed by atoms with Crippen molar-refractivity contribution in [1.29, 1.82) is 0 Å². The number of carbonyl (C=O) groups excluding carboxylic acids is 3. The Morgan fingerprint density at radius 3 is 2.11 bits per heavy atom. The maximum atomic E-state index is 12.6. The van der Waals surface area contributed by atoms with Gasteiger partial charge in [0.1, 0.15) is 17.2 Å². The van der Waals surface area contributed by atoms with E-state index in [1.807, 2.05) is 54.4 Å². The molecule has 3 fully saturated rings. The van der Waals surface area contributed by atoms with Crippen molar-refractivity contribution in [3.05, 3.63) is 76.5 Å². The molecule has 7 rings (SSSR count). The highest BCUT2D eigenvalue weighted by Gasteiger charge is 2.28. The van der Waals surface area contributed by atoms with Crippen LogP contribution in [0.25, 0.3) is 21.9 Å². The minimum absolute atomic E-state index is 0.0776. The van der Waals surface area contributed by atoms with E-state index < -0.39 is 6.03 Å². The Balaban J connectivity index is 0.000000252. The van der Waals surface area contributed by atoms with Crippen molar-refractivity contribution in [3.8, 4) is 28.4 Å². The molecule has 0 bridgehead atoms. The van der Waals surface area contributed by atoms with Crippen molar-refractivity contribution in [1.82, 2.24) is 24.7 Å². The van der Waals surface area contributed by atoms with Crippen LogP contribution < -0.4 is 30.0 Å². The number of urea groups is 1. The second-order valence-corrected chi connectivity index (χ2v) is 14.1. The van der Waals surface area contributed by atoms with Crippen LogP contribution in [0, 0.1) is 6.92 Å². The van der Waals surface area contributed by atoms with E-state index in [0.29, 0.717) is 29.8 Å². The molecule has 3 aliphatic heterocycles. The first-order chi connectivity index (χ1) is 26.6. The van der Waals surface area contributed by atoms with Crippen LogP contribution in [-0.4, -0.2) is 104 Å². The number of ether oxygens (including phenoxy) is 4. The lowest BCUT2D eigenvalue weighted by Crippen LogP contribution is -2.49. The number of benzene rings is 2. The summed E-state index contributed by atoms with van der Waals surface area (Å²) in [6.45, 7) is 6.48. The van der Waals surface area contributed by atoms with Crippen molar-refractivity contribution in [2.24, 2.45) is 7.05 Å². The van der Waals surface area contributed by atoms with Gasteiger partial charge in [-0.25, -0.2) is 4.79 Å². The number of amides is 4. The van der Waals surface area contributed by atoms with Crippen molar-refractivity contribution in [2.45, 2.75) is 57.8 Å². The Morgan fingerprint density at radius 2 is 1.49 bits per heavy atom. The zero-order chi connectivity index (χ0) is 39.1. The third-order valence-electron chi connectivity index (χ3n) is 10.5. The molecule has 5 heterocycles. The number of carbonyl (C=O) groups is 3. The Labute approximate surface area is 320 Å². The molecule has 14 heteroatoms. The normalized spacial score (nSPS) is 17.0. The maximum absolute atomic E-state index is 12.6. The summed E-state index contributed by atoms with van der Waals surface area (Å²) in [4.78, 5) is 56.3. The molecule has 4 amide bonds. The van der Waals surface area contributed by atoms with Gasteiger partial charge in [0.2, 0.25) is 12.3 Å². The first kappa shape index (κ1) is 39.2. The summed E-state index contributed by atoms with van der Waals surface area (Å²) in [7, 11) is 6.67. The second-order valence-electron chi connectivity index (χ2n) is 14.1. The van der Waals surface area contributed by atoms with Crippen LogP contribution in [-0.2, 0) is 27.9 Å². The third kappa shape index (κ3) is 9.09. The first-order valence-corrected chi connectivity index (χ1v) is 18.6. The molecule has 3 saturated heterocycles. The zero-order valence-electron chi connectivity index (χ0n) is 32.2. The Morgan fingerprint density at radius 1 is 0.836 bits per heavy atom. The van der Waals surface area contributed by atoms with Gasteiger partial charge in [0.25, 0.3) is 5.56 Å². The molecule has 3 aliphatic rings. The summed E-state index contributed by atoms with van der Waals surface area (Å²) in [5.74, 6) is 1.91. The van der Waals surface area contributed by atoms with Gasteiger partial charge in [-0.15, -0.1) is 0 Å². The van der Waals surface area contributed by atoms with E-state index in [0.717, 1.165) is 104 Å². The van der Waals surface area contributed by atoms with E-state index in [1.165, 1.54) is 4.90 Å². The van der Waals surface area contributed by atoms with Crippen LogP contribution in [0.1, 0.15) is 43.2 Å². The molecule has 1 N–H and O–H groups in total. The molecule has 292 valence electrons. The van der Waals surface area contributed by atoms with Crippen LogP contribution in [0.3, 0.4) is 0 Å². The minimum atomic E-state index is -0.398. The quantitative estimate of drug-likeness (QED) is 0.227. The molecule has 4 aromatic rings. The van der Waals surface area contributed by atoms with Crippen LogP contribution >= 0.6 is 0 Å². The molecule has 0 spiro atoms. The highest BCUT2D eigenvalue weighted by molar-refractivity contribution is 6.06. The fourth-order valence-corrected chi connectivity index (χ4v) is 7.46. The molecule has 0 unspecified atom stereocenters. The number of fused-ring (bicyclic) bond motifs is 1. The summed E-state index contributed by atoms with van der Waals surface area (Å²) in [6.07, 6.45) is 10.7. The molecule has 0 saturated carbocycles. The van der Waals surface area contributed by atoms with Gasteiger partial charge >= 0.3 is 6.03 Å². The average molecular weight is 755 g/mol. The van der Waals surface area contributed by atoms with Gasteiger partial charge < -0.3 is 28.4 Å². The number of methoxy groups -OCH3 is 3. The molecule has 2 aromatic carbocycles. The van der Waals surface area contributed by atoms with Gasteiger partial charge in [-0.05, 0) is 79.5 Å². The number of aromatic nitrogens is 2. The van der Waals surface area contributed by atoms with Crippen molar-refractivity contribution in [2.75, 3.05) is 59.0 Å². The molecule has 2 aromatic heterocycles. The number of anilines is 1. The second kappa shape index (κ2) is 17.8. The van der Waals surface area contributed by atoms with Gasteiger partial charge in [0.15, 0.2) is 0 Å². The summed E-state index contributed by atoms with van der Waals surface area (Å²) in [6, 6.07) is 11.1. The van der Waals surface area contributed by atoms with Gasteiger partial charge in [-0.1, -0.05) is 6.07 Å². The van der Waals surface area contributed by atoms with E-state index in [9.17, 15) is 19.2 Å². The molecular weight excluding hydrogens is 704 g/mol. The number of piperidine rings is 2. The number of rotatable bonds is 10. The predicted octanol–water partition coefficient (Wildman–Crippen LogP) is 4.67. The topological polar surface area (TPSA) is 145 Å². The van der Waals surface area contributed by atoms with E-state index in [-0.39, 0.29) is 23.7 Å². The number of imide groups is 1. The zero-order valence-corrected chi connectivity index (χ0v) is 32.2. The predicted molar refractivity (Wildman–Crippen MR) is 209 cm³/mol. The van der Waals surface area contributed by atoms with Gasteiger partial charge in [0.05, 0.1) is 50.2 Å². The Kier molecular flexibility index (Phi) is 12.7. The van der Waals surface area contributed by atoms with E-state index in [1.54, 1.807) is 45.3 Å². The maximum Gasteiger partial charge on any atom is 0.328 e. The molecule has 0 atom stereocenters. The van der Waals surface area contributed by atoms with E-state index in [4.69, 9.17) is 18.9 Å². The standard InChI is InChI=1S/C29H36N4O5.C12H14N2O3/c1-31-17-25(23-4-9-30-16-24(23)29(31)35)20-14-27(36-2)26(28(15-20)37-3)18-32-10-5-21(6-11-32)38-22-7-12-33(19-34)13-8-22;1-8-3-4-10(17-2)9(7-8)14-6-5-11(15)13-12(14)16/h4,9,14-17,19,21-22H,5-8,10-13,18H2,1-3H3;3-4,7H,5-6H2,1-2H3,(H,13,15,16). The Bertz CT molecular complexity index is 2040. The highest BCUT2D eigenvalue weighted by atomic mass is 16.5. The van der Waals surface area contributed by atoms with Crippen LogP contribution in [0.15, 0.2) is 59.8 Å². The summed E-state index contributed by atoms with van der Waals surface area (Å²) in [5, 5.41) is 3.71. The largest absolute Gasteiger partial charge is 0.496 e. The fraction of sp³-hybridized carbons (Fsp3) is 0.439. The van der Waals surface area contributed by atoms with Crippen LogP contribution in [0.2, 0.25) is 0 Å². The monoisotopic (exact) mass is 754 g/mol. The number of hydrogen-bond acceptors (Lipinski definition) is 10. The lowest BCUT2D eigenvalue weighted by Gasteiger charge is -2.36. The number of aryl methyl sites for hydroxylation is 2. The smallest absolute Gasteiger partial charge is 0.328 e. The Hall–Kier alpha value is -5.47. The van der Waals surface area contributed by atoms with Gasteiger partial charge in [-0.2, -0.15) is 0 Å². The van der Waals surface area contributed by atoms with E-state index in [2.05, 4.69) is 15.2 Å². The number of hydrogen-bond donors (Lipinski definition) is 1. The minimum Gasteiger partial charge on any atom is -0.496 e. The lowest BCUT2D eigenvalue weighted by atomic mass is 9.98.